The summed E-state index contributed by atoms with van der Waals surface area (Å²) < 4.78 is 4.16. The average molecular weight is 625 g/mol. The molecule has 1 amide bonds. The molecule has 0 unspecified atom stereocenters. The minimum atomic E-state index is -0.126. The third-order valence-electron chi connectivity index (χ3n) is 5.96. The van der Waals surface area contributed by atoms with E-state index in [1.165, 1.54) is 0 Å². The number of halogens is 2. The van der Waals surface area contributed by atoms with Crippen molar-refractivity contribution in [1.29, 1.82) is 0 Å². The largest absolute Gasteiger partial charge is 0.350 e. The van der Waals surface area contributed by atoms with E-state index in [4.69, 9.17) is 10.7 Å². The first-order chi connectivity index (χ1) is 16.4. The second-order valence-electron chi connectivity index (χ2n) is 8.23. The monoisotopic (exact) mass is 624 g/mol. The minimum Gasteiger partial charge on any atom is -0.350 e. The maximum atomic E-state index is 13.4. The van der Waals surface area contributed by atoms with E-state index in [0.717, 1.165) is 52.2 Å². The van der Waals surface area contributed by atoms with Gasteiger partial charge in [0, 0.05) is 56.2 Å². The van der Waals surface area contributed by atoms with E-state index in [0.29, 0.717) is 18.7 Å². The standard InChI is InChI=1S/C27H22BrIN4O/c1-33-15-23(21-10-18(28)6-9-26(21)33)25-12-22(20-8-7-19(29)11-24(20)32-25)27(34)31-14-17-4-2-16(13-30)3-5-17/h2-12,15H,13-14,30H2,1H3,(H,31,34). The molecule has 5 nitrogen and oxygen atoms in total. The van der Waals surface area contributed by atoms with Crippen LogP contribution in [0.4, 0.5) is 0 Å². The molecule has 0 bridgehead atoms. The van der Waals surface area contributed by atoms with Crippen molar-refractivity contribution in [3.63, 3.8) is 0 Å². The molecule has 0 saturated carbocycles. The number of nitrogens with zero attached hydrogens (tertiary/aromatic N) is 2. The van der Waals surface area contributed by atoms with Crippen LogP contribution in [0.1, 0.15) is 21.5 Å². The van der Waals surface area contributed by atoms with Crippen LogP contribution in [-0.2, 0) is 20.1 Å². The van der Waals surface area contributed by atoms with Crippen LogP contribution < -0.4 is 11.1 Å². The molecule has 0 aliphatic heterocycles. The van der Waals surface area contributed by atoms with Crippen LogP contribution in [0.3, 0.4) is 0 Å². The number of hydrogen-bond donors (Lipinski definition) is 2. The van der Waals surface area contributed by atoms with Crippen LogP contribution in [0.5, 0.6) is 0 Å². The molecule has 34 heavy (non-hydrogen) atoms. The molecule has 3 N–H and O–H groups in total. The van der Waals surface area contributed by atoms with Gasteiger partial charge in [-0.15, -0.1) is 0 Å². The quantitative estimate of drug-likeness (QED) is 0.231. The fraction of sp³-hybridized carbons (Fsp3) is 0.111. The Morgan fingerprint density at radius 1 is 1.03 bits per heavy atom. The van der Waals surface area contributed by atoms with Gasteiger partial charge in [-0.3, -0.25) is 4.79 Å². The van der Waals surface area contributed by atoms with Crippen LogP contribution in [0, 0.1) is 3.57 Å². The van der Waals surface area contributed by atoms with E-state index < -0.39 is 0 Å². The first-order valence-electron chi connectivity index (χ1n) is 10.8. The Bertz CT molecular complexity index is 1540. The summed E-state index contributed by atoms with van der Waals surface area (Å²) in [5.74, 6) is -0.126. The second kappa shape index (κ2) is 9.48. The van der Waals surface area contributed by atoms with Gasteiger partial charge in [-0.25, -0.2) is 4.98 Å². The highest BCUT2D eigenvalue weighted by Crippen LogP contribution is 2.33. The zero-order valence-corrected chi connectivity index (χ0v) is 22.2. The number of amides is 1. The van der Waals surface area contributed by atoms with Gasteiger partial charge in [-0.1, -0.05) is 46.3 Å². The third-order valence-corrected chi connectivity index (χ3v) is 7.12. The van der Waals surface area contributed by atoms with Crippen LogP contribution in [0.2, 0.25) is 0 Å². The fourth-order valence-corrected chi connectivity index (χ4v) is 5.00. The minimum absolute atomic E-state index is 0.126. The van der Waals surface area contributed by atoms with Gasteiger partial charge in [0.15, 0.2) is 0 Å². The molecular formula is C27H22BrIN4O. The number of nitrogens with two attached hydrogens (primary N) is 1. The lowest BCUT2D eigenvalue weighted by atomic mass is 10.0. The molecule has 0 spiro atoms. The topological polar surface area (TPSA) is 72.9 Å². The molecule has 170 valence electrons. The van der Waals surface area contributed by atoms with Crippen LogP contribution >= 0.6 is 38.5 Å². The maximum absolute atomic E-state index is 13.4. The molecule has 0 aliphatic carbocycles. The lowest BCUT2D eigenvalue weighted by Gasteiger charge is -2.11. The first-order valence-corrected chi connectivity index (χ1v) is 12.7. The number of aromatic nitrogens is 2. The lowest BCUT2D eigenvalue weighted by molar-refractivity contribution is 0.0952. The zero-order valence-electron chi connectivity index (χ0n) is 18.5. The summed E-state index contributed by atoms with van der Waals surface area (Å²) in [5, 5.41) is 5.00. The molecule has 0 radical (unpaired) electrons. The van der Waals surface area contributed by atoms with Crippen molar-refractivity contribution in [2.24, 2.45) is 12.8 Å². The van der Waals surface area contributed by atoms with Crippen LogP contribution in [-0.4, -0.2) is 15.5 Å². The zero-order chi connectivity index (χ0) is 23.8. The van der Waals surface area contributed by atoms with E-state index in [2.05, 4.69) is 66.7 Å². The molecule has 0 atom stereocenters. The van der Waals surface area contributed by atoms with Crippen molar-refractivity contribution in [2.75, 3.05) is 0 Å². The van der Waals surface area contributed by atoms with Crippen molar-refractivity contribution in [3.8, 4) is 11.3 Å². The molecule has 3 aromatic carbocycles. The third kappa shape index (κ3) is 4.47. The van der Waals surface area contributed by atoms with E-state index in [1.54, 1.807) is 0 Å². The Labute approximate surface area is 219 Å². The number of aryl methyl sites for hydroxylation is 1. The van der Waals surface area contributed by atoms with E-state index >= 15 is 0 Å². The van der Waals surface area contributed by atoms with E-state index in [-0.39, 0.29) is 5.91 Å². The molecule has 0 aliphatic rings. The summed E-state index contributed by atoms with van der Waals surface area (Å²) in [5.41, 5.74) is 12.1. The Morgan fingerprint density at radius 2 is 1.79 bits per heavy atom. The highest BCUT2D eigenvalue weighted by molar-refractivity contribution is 14.1. The van der Waals surface area contributed by atoms with Crippen molar-refractivity contribution in [2.45, 2.75) is 13.1 Å². The lowest BCUT2D eigenvalue weighted by Crippen LogP contribution is -2.23. The number of benzene rings is 3. The summed E-state index contributed by atoms with van der Waals surface area (Å²) in [6.07, 6.45) is 2.07. The van der Waals surface area contributed by atoms with Gasteiger partial charge in [0.25, 0.3) is 5.91 Å². The molecule has 5 rings (SSSR count). The SMILES string of the molecule is Cn1cc(-c2cc(C(=O)NCc3ccc(CN)cc3)c3ccc(I)cc3n2)c2cc(Br)ccc21. The number of pyridine rings is 1. The summed E-state index contributed by atoms with van der Waals surface area (Å²) in [7, 11) is 2.02. The van der Waals surface area contributed by atoms with Gasteiger partial charge in [0.2, 0.25) is 0 Å². The molecule has 5 aromatic rings. The fourth-order valence-electron chi connectivity index (χ4n) is 4.17. The molecule has 2 heterocycles. The normalized spacial score (nSPS) is 11.3. The summed E-state index contributed by atoms with van der Waals surface area (Å²) in [6.45, 7) is 0.941. The smallest absolute Gasteiger partial charge is 0.252 e. The number of hydrogen-bond acceptors (Lipinski definition) is 3. The van der Waals surface area contributed by atoms with Gasteiger partial charge in [0.05, 0.1) is 16.8 Å². The second-order valence-corrected chi connectivity index (χ2v) is 10.4. The number of fused-ring (bicyclic) bond motifs is 2. The molecule has 0 saturated heterocycles. The maximum Gasteiger partial charge on any atom is 0.252 e. The van der Waals surface area contributed by atoms with Gasteiger partial charge < -0.3 is 15.6 Å². The first kappa shape index (κ1) is 23.0. The van der Waals surface area contributed by atoms with Gasteiger partial charge in [0.1, 0.15) is 0 Å². The number of nitrogens with one attached hydrogen (secondary N) is 1. The van der Waals surface area contributed by atoms with Gasteiger partial charge in [-0.2, -0.15) is 0 Å². The molecular weight excluding hydrogens is 603 g/mol. The Hall–Kier alpha value is -2.75. The van der Waals surface area contributed by atoms with E-state index in [1.807, 2.05) is 61.6 Å². The summed E-state index contributed by atoms with van der Waals surface area (Å²) >= 11 is 5.86. The number of rotatable bonds is 5. The number of carbonyl (C=O) groups excluding carboxylic acids is 1. The highest BCUT2D eigenvalue weighted by Gasteiger charge is 2.17. The summed E-state index contributed by atoms with van der Waals surface area (Å²) in [6, 6.07) is 22.1. The number of carbonyl (C=O) groups is 1. The van der Waals surface area contributed by atoms with E-state index in [9.17, 15) is 4.79 Å². The predicted molar refractivity (Wildman–Crippen MR) is 150 cm³/mol. The summed E-state index contributed by atoms with van der Waals surface area (Å²) in [4.78, 5) is 18.3. The predicted octanol–water partition coefficient (Wildman–Crippen LogP) is 6.15. The van der Waals surface area contributed by atoms with Crippen molar-refractivity contribution in [1.82, 2.24) is 14.9 Å². The highest BCUT2D eigenvalue weighted by atomic mass is 127. The van der Waals surface area contributed by atoms with Crippen molar-refractivity contribution in [3.05, 3.63) is 97.7 Å². The van der Waals surface area contributed by atoms with Crippen molar-refractivity contribution < 1.29 is 4.79 Å². The van der Waals surface area contributed by atoms with Gasteiger partial charge >= 0.3 is 0 Å². The Kier molecular flexibility index (Phi) is 6.42. The van der Waals surface area contributed by atoms with Crippen LogP contribution in [0.25, 0.3) is 33.1 Å². The average Bonchev–Trinajstić information content (AvgIpc) is 3.17. The molecule has 7 heteroatoms. The Morgan fingerprint density at radius 3 is 2.56 bits per heavy atom. The van der Waals surface area contributed by atoms with Gasteiger partial charge in [-0.05, 0) is 70.1 Å². The molecule has 2 aromatic heterocycles. The molecule has 0 fully saturated rings. The van der Waals surface area contributed by atoms with Crippen molar-refractivity contribution >= 4 is 66.2 Å². The Balaban J connectivity index is 1.58. The van der Waals surface area contributed by atoms with Crippen LogP contribution in [0.15, 0.2) is 77.4 Å².